The lowest BCUT2D eigenvalue weighted by atomic mass is 10.1. The summed E-state index contributed by atoms with van der Waals surface area (Å²) in [6.45, 7) is 0. The molecule has 2 heterocycles. The van der Waals surface area contributed by atoms with E-state index in [2.05, 4.69) is 15.3 Å². The van der Waals surface area contributed by atoms with E-state index in [0.29, 0.717) is 17.6 Å². The molecule has 0 saturated heterocycles. The van der Waals surface area contributed by atoms with Crippen LogP contribution in [0, 0.1) is 0 Å². The molecule has 1 amide bonds. The molecule has 0 radical (unpaired) electrons. The van der Waals surface area contributed by atoms with Gasteiger partial charge in [-0.3, -0.25) is 9.78 Å². The topological polar surface area (TPSA) is 64.1 Å². The zero-order valence-corrected chi connectivity index (χ0v) is 13.9. The summed E-state index contributed by atoms with van der Waals surface area (Å²) < 4.78 is 43.0. The molecule has 5 nitrogen and oxygen atoms in total. The summed E-state index contributed by atoms with van der Waals surface area (Å²) in [6.07, 6.45) is -0.396. The summed E-state index contributed by atoms with van der Waals surface area (Å²) in [4.78, 5) is 19.5. The van der Waals surface area contributed by atoms with E-state index < -0.39 is 11.7 Å². The molecule has 1 N–H and O–H groups in total. The lowest BCUT2D eigenvalue weighted by Crippen LogP contribution is -2.14. The molecule has 0 atom stereocenters. The first-order valence-electron chi connectivity index (χ1n) is 7.90. The predicted molar refractivity (Wildman–Crippen MR) is 92.3 cm³/mol. The molecule has 2 aromatic heterocycles. The minimum Gasteiger partial charge on any atom is -0.439 e. The highest BCUT2D eigenvalue weighted by Gasteiger charge is 2.30. The Bertz CT molecular complexity index is 896. The quantitative estimate of drug-likeness (QED) is 0.717. The van der Waals surface area contributed by atoms with Crippen molar-refractivity contribution < 1.29 is 22.7 Å². The summed E-state index contributed by atoms with van der Waals surface area (Å²) in [5, 5.41) is 2.75. The van der Waals surface area contributed by atoms with Gasteiger partial charge in [-0.05, 0) is 35.9 Å². The van der Waals surface area contributed by atoms with Crippen LogP contribution >= 0.6 is 0 Å². The molecular formula is C19H14F3N3O2. The molecule has 138 valence electrons. The number of nitrogens with zero attached hydrogens (tertiary/aromatic N) is 2. The van der Waals surface area contributed by atoms with Crippen LogP contribution in [0.1, 0.15) is 11.1 Å². The summed E-state index contributed by atoms with van der Waals surface area (Å²) in [5.74, 6) is 0.269. The van der Waals surface area contributed by atoms with E-state index in [4.69, 9.17) is 4.74 Å². The summed E-state index contributed by atoms with van der Waals surface area (Å²) >= 11 is 0. The highest BCUT2D eigenvalue weighted by atomic mass is 19.4. The highest BCUT2D eigenvalue weighted by molar-refractivity contribution is 5.92. The van der Waals surface area contributed by atoms with Gasteiger partial charge in [-0.15, -0.1) is 0 Å². The van der Waals surface area contributed by atoms with Crippen molar-refractivity contribution in [2.24, 2.45) is 0 Å². The molecule has 0 bridgehead atoms. The van der Waals surface area contributed by atoms with Crippen LogP contribution in [0.25, 0.3) is 0 Å². The zero-order chi connectivity index (χ0) is 19.3. The number of hydrogen-bond acceptors (Lipinski definition) is 4. The van der Waals surface area contributed by atoms with Crippen LogP contribution in [0.3, 0.4) is 0 Å². The average Bonchev–Trinajstić information content (AvgIpc) is 2.64. The van der Waals surface area contributed by atoms with Gasteiger partial charge in [-0.1, -0.05) is 12.1 Å². The van der Waals surface area contributed by atoms with Gasteiger partial charge in [0.05, 0.1) is 12.0 Å². The second-order valence-corrected chi connectivity index (χ2v) is 5.59. The molecular weight excluding hydrogens is 359 g/mol. The first-order chi connectivity index (χ1) is 12.9. The minimum absolute atomic E-state index is 0.0474. The van der Waals surface area contributed by atoms with Crippen LogP contribution in [0.15, 0.2) is 67.1 Å². The Morgan fingerprint density at radius 1 is 1.00 bits per heavy atom. The van der Waals surface area contributed by atoms with E-state index in [1.54, 1.807) is 48.8 Å². The lowest BCUT2D eigenvalue weighted by molar-refractivity contribution is -0.137. The van der Waals surface area contributed by atoms with Crippen molar-refractivity contribution in [1.82, 2.24) is 9.97 Å². The van der Waals surface area contributed by atoms with Crippen LogP contribution in [0.2, 0.25) is 0 Å². The maximum atomic E-state index is 12.5. The second kappa shape index (κ2) is 7.86. The van der Waals surface area contributed by atoms with Crippen LogP contribution in [0.5, 0.6) is 11.6 Å². The Balaban J connectivity index is 1.58. The molecule has 0 saturated carbocycles. The van der Waals surface area contributed by atoms with Crippen LogP contribution in [-0.2, 0) is 17.4 Å². The van der Waals surface area contributed by atoms with E-state index in [-0.39, 0.29) is 18.2 Å². The summed E-state index contributed by atoms with van der Waals surface area (Å²) in [5.41, 5.74) is 0.572. The fourth-order valence-corrected chi connectivity index (χ4v) is 2.23. The molecule has 0 fully saturated rings. The molecule has 0 aliphatic carbocycles. The normalized spacial score (nSPS) is 11.1. The third-order valence-corrected chi connectivity index (χ3v) is 3.54. The fraction of sp³-hybridized carbons (Fsp3) is 0.105. The number of anilines is 1. The van der Waals surface area contributed by atoms with Gasteiger partial charge in [0.25, 0.3) is 0 Å². The number of ether oxygens (including phenoxy) is 1. The fourth-order valence-electron chi connectivity index (χ4n) is 2.23. The number of benzene rings is 1. The van der Waals surface area contributed by atoms with E-state index in [0.717, 1.165) is 17.7 Å². The van der Waals surface area contributed by atoms with Gasteiger partial charge in [-0.2, -0.15) is 13.2 Å². The number of alkyl halides is 3. The van der Waals surface area contributed by atoms with Gasteiger partial charge in [-0.25, -0.2) is 4.98 Å². The van der Waals surface area contributed by atoms with Gasteiger partial charge in [0.2, 0.25) is 11.8 Å². The molecule has 0 aliphatic rings. The zero-order valence-electron chi connectivity index (χ0n) is 13.9. The first-order valence-corrected chi connectivity index (χ1v) is 7.90. The number of nitrogens with one attached hydrogen (secondary N) is 1. The molecule has 3 aromatic rings. The van der Waals surface area contributed by atoms with Crippen molar-refractivity contribution in [2.75, 3.05) is 5.32 Å². The maximum absolute atomic E-state index is 12.5. The Morgan fingerprint density at radius 2 is 1.70 bits per heavy atom. The SMILES string of the molecule is O=C(Cc1ccc(Oc2ccc(C(F)(F)F)cn2)cc1)Nc1ccncc1. The Labute approximate surface area is 152 Å². The lowest BCUT2D eigenvalue weighted by Gasteiger charge is -2.09. The first kappa shape index (κ1) is 18.4. The Hall–Kier alpha value is -3.42. The van der Waals surface area contributed by atoms with Crippen molar-refractivity contribution in [1.29, 1.82) is 0 Å². The van der Waals surface area contributed by atoms with E-state index in [1.165, 1.54) is 0 Å². The monoisotopic (exact) mass is 373 g/mol. The molecule has 0 aliphatic heterocycles. The van der Waals surface area contributed by atoms with E-state index >= 15 is 0 Å². The van der Waals surface area contributed by atoms with Crippen molar-refractivity contribution in [3.05, 3.63) is 78.2 Å². The third-order valence-electron chi connectivity index (χ3n) is 3.54. The molecule has 27 heavy (non-hydrogen) atoms. The Morgan fingerprint density at radius 3 is 2.30 bits per heavy atom. The molecule has 8 heteroatoms. The second-order valence-electron chi connectivity index (χ2n) is 5.59. The number of hydrogen-bond donors (Lipinski definition) is 1. The predicted octanol–water partition coefficient (Wildman–Crippen LogP) is 4.47. The maximum Gasteiger partial charge on any atom is 0.417 e. The number of aromatic nitrogens is 2. The van der Waals surface area contributed by atoms with Crippen LogP contribution in [-0.4, -0.2) is 15.9 Å². The van der Waals surface area contributed by atoms with Crippen LogP contribution in [0.4, 0.5) is 18.9 Å². The third kappa shape index (κ3) is 5.27. The average molecular weight is 373 g/mol. The summed E-state index contributed by atoms with van der Waals surface area (Å²) in [6, 6.07) is 12.1. The van der Waals surface area contributed by atoms with Crippen molar-refractivity contribution in [3.63, 3.8) is 0 Å². The van der Waals surface area contributed by atoms with Crippen LogP contribution < -0.4 is 10.1 Å². The number of carbonyl (C=O) groups excluding carboxylic acids is 1. The van der Waals surface area contributed by atoms with Gasteiger partial charge in [0.1, 0.15) is 5.75 Å². The largest absolute Gasteiger partial charge is 0.439 e. The minimum atomic E-state index is -4.44. The molecule has 3 rings (SSSR count). The van der Waals surface area contributed by atoms with Crippen molar-refractivity contribution in [2.45, 2.75) is 12.6 Å². The standard InChI is InChI=1S/C19H14F3N3O2/c20-19(21,22)14-3-6-18(24-12-14)27-16-4-1-13(2-5-16)11-17(26)25-15-7-9-23-10-8-15/h1-10,12H,11H2,(H,23,25,26). The van der Waals surface area contributed by atoms with Gasteiger partial charge >= 0.3 is 6.18 Å². The number of pyridine rings is 2. The number of amides is 1. The smallest absolute Gasteiger partial charge is 0.417 e. The highest BCUT2D eigenvalue weighted by Crippen LogP contribution is 2.30. The molecule has 0 spiro atoms. The van der Waals surface area contributed by atoms with E-state index in [9.17, 15) is 18.0 Å². The Kier molecular flexibility index (Phi) is 5.35. The van der Waals surface area contributed by atoms with Gasteiger partial charge < -0.3 is 10.1 Å². The number of carbonyl (C=O) groups is 1. The van der Waals surface area contributed by atoms with Gasteiger partial charge in [0, 0.05) is 30.3 Å². The number of halogens is 3. The van der Waals surface area contributed by atoms with Gasteiger partial charge in [0.15, 0.2) is 0 Å². The molecule has 0 unspecified atom stereocenters. The van der Waals surface area contributed by atoms with Crippen molar-refractivity contribution in [3.8, 4) is 11.6 Å². The van der Waals surface area contributed by atoms with Crippen molar-refractivity contribution >= 4 is 11.6 Å². The molecule has 1 aromatic carbocycles. The number of rotatable bonds is 5. The van der Waals surface area contributed by atoms with E-state index in [1.807, 2.05) is 0 Å². The summed E-state index contributed by atoms with van der Waals surface area (Å²) in [7, 11) is 0.